The fourth-order valence-corrected chi connectivity index (χ4v) is 1.11. The Labute approximate surface area is 73.1 Å². The summed E-state index contributed by atoms with van der Waals surface area (Å²) >= 11 is 0. The normalized spacial score (nSPS) is 10.4. The Kier molecular flexibility index (Phi) is 2.70. The summed E-state index contributed by atoms with van der Waals surface area (Å²) in [4.78, 5) is 3.13. The minimum atomic E-state index is 1.06. The van der Waals surface area contributed by atoms with Crippen LogP contribution in [0.4, 0.5) is 0 Å². The highest BCUT2D eigenvalue weighted by atomic mass is 14.7. The summed E-state index contributed by atoms with van der Waals surface area (Å²) in [6.45, 7) is 9.41. The summed E-state index contributed by atoms with van der Waals surface area (Å²) in [5.74, 6) is 0. The van der Waals surface area contributed by atoms with Crippen molar-refractivity contribution >= 4 is 12.2 Å². The molecule has 0 aliphatic heterocycles. The summed E-state index contributed by atoms with van der Waals surface area (Å²) in [5.41, 5.74) is 3.47. The van der Waals surface area contributed by atoms with E-state index >= 15 is 0 Å². The average molecular weight is 159 g/mol. The first-order valence-corrected chi connectivity index (χ1v) is 3.89. The van der Waals surface area contributed by atoms with Gasteiger partial charge in [-0.15, -0.1) is 0 Å². The molecule has 62 valence electrons. The molecule has 0 amide bonds. The number of nitrogens with one attached hydrogen (secondary N) is 1. The molecule has 0 aromatic carbocycles. The van der Waals surface area contributed by atoms with Gasteiger partial charge in [0, 0.05) is 17.5 Å². The molecule has 1 heterocycles. The maximum absolute atomic E-state index is 3.72. The molecule has 0 saturated heterocycles. The molecule has 0 bridgehead atoms. The second-order valence-electron chi connectivity index (χ2n) is 2.60. The summed E-state index contributed by atoms with van der Waals surface area (Å²) < 4.78 is 0. The highest BCUT2D eigenvalue weighted by molar-refractivity contribution is 5.65. The molecule has 1 rings (SSSR count). The van der Waals surface area contributed by atoms with Gasteiger partial charge in [0.1, 0.15) is 0 Å². The molecule has 1 aromatic heterocycles. The van der Waals surface area contributed by atoms with Gasteiger partial charge in [-0.1, -0.05) is 31.4 Å². The van der Waals surface area contributed by atoms with Crippen LogP contribution in [0, 0.1) is 6.92 Å². The van der Waals surface area contributed by atoms with Gasteiger partial charge in [0.25, 0.3) is 0 Å². The van der Waals surface area contributed by atoms with Crippen molar-refractivity contribution in [2.24, 2.45) is 0 Å². The number of hydrogen-bond acceptors (Lipinski definition) is 0. The molecule has 1 N–H and O–H groups in total. The largest absolute Gasteiger partial charge is 0.361 e. The van der Waals surface area contributed by atoms with Crippen molar-refractivity contribution in [1.82, 2.24) is 4.98 Å². The van der Waals surface area contributed by atoms with Crippen LogP contribution in [-0.2, 0) is 0 Å². The zero-order valence-corrected chi connectivity index (χ0v) is 7.30. The maximum atomic E-state index is 3.72. The van der Waals surface area contributed by atoms with E-state index < -0.39 is 0 Å². The monoisotopic (exact) mass is 159 g/mol. The second-order valence-corrected chi connectivity index (χ2v) is 2.60. The lowest BCUT2D eigenvalue weighted by Gasteiger charge is -1.92. The highest BCUT2D eigenvalue weighted by Gasteiger charge is 1.99. The zero-order valence-electron chi connectivity index (χ0n) is 7.30. The summed E-state index contributed by atoms with van der Waals surface area (Å²) in [6, 6.07) is 0. The fourth-order valence-electron chi connectivity index (χ4n) is 1.11. The quantitative estimate of drug-likeness (QED) is 0.652. The van der Waals surface area contributed by atoms with E-state index in [-0.39, 0.29) is 0 Å². The summed E-state index contributed by atoms with van der Waals surface area (Å²) in [7, 11) is 0. The van der Waals surface area contributed by atoms with Crippen LogP contribution >= 0.6 is 0 Å². The zero-order chi connectivity index (χ0) is 8.97. The predicted octanol–water partition coefficient (Wildman–Crippen LogP) is 3.17. The number of H-pyrrole nitrogens is 1. The van der Waals surface area contributed by atoms with Crippen LogP contribution in [0.3, 0.4) is 0 Å². The third kappa shape index (κ3) is 1.56. The minimum absolute atomic E-state index is 1.06. The van der Waals surface area contributed by atoms with Crippen LogP contribution in [0.15, 0.2) is 31.5 Å². The molecule has 1 aromatic rings. The lowest BCUT2D eigenvalue weighted by atomic mass is 10.1. The van der Waals surface area contributed by atoms with Gasteiger partial charge >= 0.3 is 0 Å². The minimum Gasteiger partial charge on any atom is -0.361 e. The van der Waals surface area contributed by atoms with E-state index in [1.807, 2.05) is 24.4 Å². The Bertz CT molecular complexity index is 316. The maximum Gasteiger partial charge on any atom is 0.0450 e. The smallest absolute Gasteiger partial charge is 0.0450 e. The van der Waals surface area contributed by atoms with Crippen molar-refractivity contribution in [3.05, 3.63) is 48.3 Å². The standard InChI is InChI=1S/C11H13N/c1-4-6-7-10-9(3)8-12-11(10)5-2/h4-8,12H,1-2H2,3H3/b7-6-. The van der Waals surface area contributed by atoms with E-state index in [2.05, 4.69) is 25.1 Å². The molecule has 1 nitrogen and oxygen atoms in total. The first-order valence-electron chi connectivity index (χ1n) is 3.89. The van der Waals surface area contributed by atoms with E-state index in [9.17, 15) is 0 Å². The van der Waals surface area contributed by atoms with Crippen LogP contribution in [0.25, 0.3) is 12.2 Å². The molecule has 0 atom stereocenters. The van der Waals surface area contributed by atoms with E-state index in [1.165, 1.54) is 11.1 Å². The van der Waals surface area contributed by atoms with Crippen molar-refractivity contribution in [3.8, 4) is 0 Å². The van der Waals surface area contributed by atoms with E-state index in [1.54, 1.807) is 6.08 Å². The Morgan fingerprint density at radius 3 is 2.75 bits per heavy atom. The third-order valence-corrected chi connectivity index (χ3v) is 1.76. The topological polar surface area (TPSA) is 15.8 Å². The Morgan fingerprint density at radius 2 is 2.17 bits per heavy atom. The lowest BCUT2D eigenvalue weighted by Crippen LogP contribution is -1.75. The lowest BCUT2D eigenvalue weighted by molar-refractivity contribution is 1.36. The Hall–Kier alpha value is -1.50. The van der Waals surface area contributed by atoms with E-state index in [0.29, 0.717) is 0 Å². The molecular formula is C11H13N. The van der Waals surface area contributed by atoms with Gasteiger partial charge in [0.2, 0.25) is 0 Å². The van der Waals surface area contributed by atoms with Crippen LogP contribution in [-0.4, -0.2) is 4.98 Å². The number of rotatable bonds is 3. The SMILES string of the molecule is C=C/C=C\c1c(C)c[nH]c1C=C. The van der Waals surface area contributed by atoms with Gasteiger partial charge in [0.15, 0.2) is 0 Å². The molecule has 0 aliphatic carbocycles. The van der Waals surface area contributed by atoms with Crippen LogP contribution in [0.5, 0.6) is 0 Å². The number of aromatic nitrogens is 1. The average Bonchev–Trinajstić information content (AvgIpc) is 2.43. The molecule has 0 unspecified atom stereocenters. The first-order chi connectivity index (χ1) is 5.79. The van der Waals surface area contributed by atoms with Crippen LogP contribution in [0.1, 0.15) is 16.8 Å². The van der Waals surface area contributed by atoms with Gasteiger partial charge in [-0.2, -0.15) is 0 Å². The van der Waals surface area contributed by atoms with Gasteiger partial charge in [-0.05, 0) is 18.6 Å². The fraction of sp³-hybridized carbons (Fsp3) is 0.0909. The highest BCUT2D eigenvalue weighted by Crippen LogP contribution is 2.15. The van der Waals surface area contributed by atoms with Gasteiger partial charge < -0.3 is 4.98 Å². The van der Waals surface area contributed by atoms with Crippen LogP contribution in [0.2, 0.25) is 0 Å². The van der Waals surface area contributed by atoms with E-state index in [4.69, 9.17) is 0 Å². The second kappa shape index (κ2) is 3.77. The van der Waals surface area contributed by atoms with Crippen molar-refractivity contribution in [3.63, 3.8) is 0 Å². The van der Waals surface area contributed by atoms with E-state index in [0.717, 1.165) is 5.69 Å². The first kappa shape index (κ1) is 8.60. The van der Waals surface area contributed by atoms with Gasteiger partial charge in [0.05, 0.1) is 0 Å². The van der Waals surface area contributed by atoms with Crippen molar-refractivity contribution in [2.75, 3.05) is 0 Å². The number of aryl methyl sites for hydroxylation is 1. The molecular weight excluding hydrogens is 146 g/mol. The van der Waals surface area contributed by atoms with Gasteiger partial charge in [-0.3, -0.25) is 0 Å². The van der Waals surface area contributed by atoms with Gasteiger partial charge in [-0.25, -0.2) is 0 Å². The Balaban J connectivity index is 3.09. The Morgan fingerprint density at radius 1 is 1.42 bits per heavy atom. The third-order valence-electron chi connectivity index (χ3n) is 1.76. The molecule has 0 spiro atoms. The molecule has 1 heteroatoms. The molecule has 0 aliphatic rings. The molecule has 0 radical (unpaired) electrons. The molecule has 0 fully saturated rings. The predicted molar refractivity (Wildman–Crippen MR) is 54.9 cm³/mol. The number of hydrogen-bond donors (Lipinski definition) is 1. The number of aromatic amines is 1. The number of allylic oxidation sites excluding steroid dienone is 2. The van der Waals surface area contributed by atoms with Crippen molar-refractivity contribution in [2.45, 2.75) is 6.92 Å². The summed E-state index contributed by atoms with van der Waals surface area (Å²) in [5, 5.41) is 0. The van der Waals surface area contributed by atoms with Crippen molar-refractivity contribution in [1.29, 1.82) is 0 Å². The molecule has 0 saturated carbocycles. The molecule has 12 heavy (non-hydrogen) atoms. The van der Waals surface area contributed by atoms with Crippen molar-refractivity contribution < 1.29 is 0 Å². The summed E-state index contributed by atoms with van der Waals surface area (Å²) in [6.07, 6.45) is 9.49. The van der Waals surface area contributed by atoms with Crippen LogP contribution < -0.4 is 0 Å².